The number of rotatable bonds is 65. The molecule has 0 radical (unpaired) electrons. The van der Waals surface area contributed by atoms with Crippen molar-refractivity contribution in [1.29, 1.82) is 0 Å². The zero-order valence-electron chi connectivity index (χ0n) is 52.3. The molecule has 0 amide bonds. The van der Waals surface area contributed by atoms with Crippen LogP contribution >= 0.6 is 0 Å². The maximum Gasteiger partial charge on any atom is 0.306 e. The Kier molecular flexibility index (Phi) is 64.6. The van der Waals surface area contributed by atoms with Crippen LogP contribution in [0.2, 0.25) is 0 Å². The lowest BCUT2D eigenvalue weighted by Crippen LogP contribution is -2.30. The van der Waals surface area contributed by atoms with Gasteiger partial charge in [0.1, 0.15) is 13.2 Å². The van der Waals surface area contributed by atoms with Crippen LogP contribution in [0, 0.1) is 0 Å². The first-order valence-electron chi connectivity index (χ1n) is 34.8. The summed E-state index contributed by atoms with van der Waals surface area (Å²) in [6, 6.07) is 0. The molecule has 0 saturated carbocycles. The monoisotopic (exact) mass is 1080 g/mol. The summed E-state index contributed by atoms with van der Waals surface area (Å²) in [5.74, 6) is -0.843. The van der Waals surface area contributed by atoms with E-state index in [1.54, 1.807) is 0 Å². The lowest BCUT2D eigenvalue weighted by atomic mass is 10.0. The smallest absolute Gasteiger partial charge is 0.306 e. The Hall–Kier alpha value is -2.11. The van der Waals surface area contributed by atoms with Gasteiger partial charge in [-0.1, -0.05) is 347 Å². The van der Waals surface area contributed by atoms with Crippen LogP contribution in [0.15, 0.2) is 24.3 Å². The van der Waals surface area contributed by atoms with Crippen molar-refractivity contribution in [2.24, 2.45) is 0 Å². The van der Waals surface area contributed by atoms with Crippen LogP contribution in [-0.2, 0) is 28.6 Å². The minimum Gasteiger partial charge on any atom is -0.462 e. The van der Waals surface area contributed by atoms with Crippen molar-refractivity contribution in [3.05, 3.63) is 24.3 Å². The molecular weight excluding hydrogens is 949 g/mol. The number of unbranched alkanes of at least 4 members (excludes halogenated alkanes) is 50. The van der Waals surface area contributed by atoms with Gasteiger partial charge in [0, 0.05) is 19.3 Å². The average molecular weight is 1080 g/mol. The minimum absolute atomic E-state index is 0.0681. The fourth-order valence-electron chi connectivity index (χ4n) is 10.7. The molecule has 0 aromatic rings. The van der Waals surface area contributed by atoms with Gasteiger partial charge < -0.3 is 14.2 Å². The molecule has 6 heteroatoms. The number of carbonyl (C=O) groups excluding carboxylic acids is 3. The van der Waals surface area contributed by atoms with Crippen molar-refractivity contribution in [3.63, 3.8) is 0 Å². The first-order valence-corrected chi connectivity index (χ1v) is 34.8. The van der Waals surface area contributed by atoms with Crippen molar-refractivity contribution < 1.29 is 28.6 Å². The summed E-state index contributed by atoms with van der Waals surface area (Å²) in [4.78, 5) is 38.4. The molecule has 0 rings (SSSR count). The first-order chi connectivity index (χ1) is 38.0. The molecule has 0 saturated heterocycles. The van der Waals surface area contributed by atoms with Crippen LogP contribution in [0.4, 0.5) is 0 Å². The van der Waals surface area contributed by atoms with Crippen LogP contribution < -0.4 is 0 Å². The van der Waals surface area contributed by atoms with Crippen LogP contribution in [-0.4, -0.2) is 37.2 Å². The fourth-order valence-corrected chi connectivity index (χ4v) is 10.7. The van der Waals surface area contributed by atoms with E-state index in [1.165, 1.54) is 283 Å². The van der Waals surface area contributed by atoms with Crippen LogP contribution in [0.25, 0.3) is 0 Å². The molecule has 0 spiro atoms. The number of ether oxygens (including phenoxy) is 3. The number of carbonyl (C=O) groups is 3. The minimum atomic E-state index is -0.772. The summed E-state index contributed by atoms with van der Waals surface area (Å²) >= 11 is 0. The van der Waals surface area contributed by atoms with Gasteiger partial charge in [-0.25, -0.2) is 0 Å². The predicted molar refractivity (Wildman–Crippen MR) is 335 cm³/mol. The Bertz CT molecular complexity index is 1240. The number of hydrogen-bond donors (Lipinski definition) is 0. The van der Waals surface area contributed by atoms with Crippen LogP contribution in [0.5, 0.6) is 0 Å². The van der Waals surface area contributed by atoms with Gasteiger partial charge in [0.15, 0.2) is 6.10 Å². The van der Waals surface area contributed by atoms with E-state index < -0.39 is 6.10 Å². The largest absolute Gasteiger partial charge is 0.462 e. The number of hydrogen-bond acceptors (Lipinski definition) is 6. The second kappa shape index (κ2) is 66.4. The molecule has 77 heavy (non-hydrogen) atoms. The molecule has 0 fully saturated rings. The highest BCUT2D eigenvalue weighted by Gasteiger charge is 2.19. The highest BCUT2D eigenvalue weighted by Crippen LogP contribution is 2.19. The van der Waals surface area contributed by atoms with E-state index in [9.17, 15) is 14.4 Å². The molecule has 1 unspecified atom stereocenters. The van der Waals surface area contributed by atoms with Crippen molar-refractivity contribution in [2.75, 3.05) is 13.2 Å². The standard InChI is InChI=1S/C71H134O6/c1-4-7-10-13-16-19-22-25-28-31-33-34-35-36-37-38-39-41-43-46-49-52-55-58-61-64-70(73)76-67-68(66-75-69(72)63-60-57-54-51-48-45-42-30-27-24-21-18-15-12-9-6-3)77-71(74)65-62-59-56-53-50-47-44-40-32-29-26-23-20-17-14-11-8-5-2/h20,23,29,32,68H,4-19,21-22,24-28,30-31,33-67H2,1-3H3/b23-20-,32-29-. The van der Waals surface area contributed by atoms with Crippen LogP contribution in [0.3, 0.4) is 0 Å². The third-order valence-corrected chi connectivity index (χ3v) is 16.0. The van der Waals surface area contributed by atoms with Gasteiger partial charge >= 0.3 is 17.9 Å². The summed E-state index contributed by atoms with van der Waals surface area (Å²) in [5.41, 5.74) is 0. The molecule has 0 N–H and O–H groups in total. The fraction of sp³-hybridized carbons (Fsp3) is 0.901. The Labute approximate surface area is 481 Å². The lowest BCUT2D eigenvalue weighted by molar-refractivity contribution is -0.167. The highest BCUT2D eigenvalue weighted by atomic mass is 16.6. The van der Waals surface area contributed by atoms with E-state index in [1.807, 2.05) is 0 Å². The number of allylic oxidation sites excluding steroid dienone is 4. The van der Waals surface area contributed by atoms with E-state index in [-0.39, 0.29) is 31.1 Å². The van der Waals surface area contributed by atoms with Crippen LogP contribution in [0.1, 0.15) is 393 Å². The molecule has 0 aliphatic carbocycles. The maximum absolute atomic E-state index is 12.9. The van der Waals surface area contributed by atoms with E-state index in [0.29, 0.717) is 19.3 Å². The third-order valence-electron chi connectivity index (χ3n) is 16.0. The summed E-state index contributed by atoms with van der Waals surface area (Å²) in [6.45, 7) is 6.70. The molecule has 0 aromatic heterocycles. The van der Waals surface area contributed by atoms with E-state index in [4.69, 9.17) is 14.2 Å². The second-order valence-corrected chi connectivity index (χ2v) is 23.8. The molecule has 0 aromatic carbocycles. The molecule has 0 aliphatic rings. The Balaban J connectivity index is 4.25. The van der Waals surface area contributed by atoms with Gasteiger partial charge in [0.25, 0.3) is 0 Å². The topological polar surface area (TPSA) is 78.9 Å². The summed E-state index contributed by atoms with van der Waals surface area (Å²) in [7, 11) is 0. The van der Waals surface area contributed by atoms with E-state index in [2.05, 4.69) is 45.1 Å². The van der Waals surface area contributed by atoms with Gasteiger partial charge in [0.05, 0.1) is 0 Å². The molecule has 454 valence electrons. The SMILES string of the molecule is CCCCCC/C=C\C/C=C\CCCCCCCCCC(=O)OC(COC(=O)CCCCCCCCCCCCCCCCCC)COC(=O)CCCCCCCCCCCCCCCCCCCCCCCCCCC. The Morgan fingerprint density at radius 1 is 0.260 bits per heavy atom. The normalized spacial score (nSPS) is 12.1. The molecule has 0 bridgehead atoms. The third kappa shape index (κ3) is 64.6. The van der Waals surface area contributed by atoms with Gasteiger partial charge in [-0.2, -0.15) is 0 Å². The summed E-state index contributed by atoms with van der Waals surface area (Å²) in [6.07, 6.45) is 80.6. The van der Waals surface area contributed by atoms with E-state index >= 15 is 0 Å². The molecular formula is C71H134O6. The first kappa shape index (κ1) is 74.9. The van der Waals surface area contributed by atoms with E-state index in [0.717, 1.165) is 70.6 Å². The average Bonchev–Trinajstić information content (AvgIpc) is 3.43. The van der Waals surface area contributed by atoms with Gasteiger partial charge in [0.2, 0.25) is 0 Å². The molecule has 0 aliphatic heterocycles. The predicted octanol–water partition coefficient (Wildman–Crippen LogP) is 23.8. The van der Waals surface area contributed by atoms with Crippen molar-refractivity contribution in [1.82, 2.24) is 0 Å². The Morgan fingerprint density at radius 2 is 0.468 bits per heavy atom. The lowest BCUT2D eigenvalue weighted by Gasteiger charge is -2.18. The van der Waals surface area contributed by atoms with Gasteiger partial charge in [-0.3, -0.25) is 14.4 Å². The highest BCUT2D eigenvalue weighted by molar-refractivity contribution is 5.71. The molecule has 1 atom stereocenters. The van der Waals surface area contributed by atoms with Crippen molar-refractivity contribution >= 4 is 17.9 Å². The van der Waals surface area contributed by atoms with Crippen molar-refractivity contribution in [2.45, 2.75) is 399 Å². The zero-order chi connectivity index (χ0) is 55.7. The second-order valence-electron chi connectivity index (χ2n) is 23.8. The van der Waals surface area contributed by atoms with Crippen molar-refractivity contribution in [3.8, 4) is 0 Å². The quantitative estimate of drug-likeness (QED) is 0.0261. The molecule has 6 nitrogen and oxygen atoms in total. The summed E-state index contributed by atoms with van der Waals surface area (Å²) in [5, 5.41) is 0. The summed E-state index contributed by atoms with van der Waals surface area (Å²) < 4.78 is 17.0. The zero-order valence-corrected chi connectivity index (χ0v) is 52.3. The van der Waals surface area contributed by atoms with Gasteiger partial charge in [-0.15, -0.1) is 0 Å². The maximum atomic E-state index is 12.9. The number of esters is 3. The Morgan fingerprint density at radius 3 is 0.727 bits per heavy atom. The molecule has 0 heterocycles. The van der Waals surface area contributed by atoms with Gasteiger partial charge in [-0.05, 0) is 51.4 Å².